The largest absolute Gasteiger partial charge is 0.497 e. The van der Waals surface area contributed by atoms with Crippen LogP contribution in [0.25, 0.3) is 26.9 Å². The normalized spacial score (nSPS) is 15.3. The molecule has 2 aromatic carbocycles. The molecule has 0 saturated carbocycles. The Kier molecular flexibility index (Phi) is 4.10. The van der Waals surface area contributed by atoms with E-state index in [4.69, 9.17) is 19.3 Å². The van der Waals surface area contributed by atoms with E-state index in [2.05, 4.69) is 20.4 Å². The summed E-state index contributed by atoms with van der Waals surface area (Å²) in [5, 5.41) is 21.5. The van der Waals surface area contributed by atoms with Gasteiger partial charge in [-0.1, -0.05) is 23.5 Å². The SMILES string of the molecule is COc1ccc(-c2cc(-c3nn4c(C5COc6ccccc6O5)nnc4s3)[nH]n2)cc1. The van der Waals surface area contributed by atoms with Crippen molar-refractivity contribution in [2.75, 3.05) is 13.7 Å². The summed E-state index contributed by atoms with van der Waals surface area (Å²) in [4.78, 5) is 0.674. The molecule has 9 nitrogen and oxygen atoms in total. The van der Waals surface area contributed by atoms with Gasteiger partial charge in [-0.15, -0.1) is 10.2 Å². The lowest BCUT2D eigenvalue weighted by atomic mass is 10.1. The smallest absolute Gasteiger partial charge is 0.235 e. The predicted octanol–water partition coefficient (Wildman–Crippen LogP) is 3.76. The molecule has 31 heavy (non-hydrogen) atoms. The summed E-state index contributed by atoms with van der Waals surface area (Å²) < 4.78 is 18.8. The third-order valence-electron chi connectivity index (χ3n) is 5.01. The van der Waals surface area contributed by atoms with E-state index in [1.54, 1.807) is 11.6 Å². The molecule has 1 aliphatic heterocycles. The first-order chi connectivity index (χ1) is 15.3. The van der Waals surface area contributed by atoms with E-state index >= 15 is 0 Å². The molecule has 10 heteroatoms. The van der Waals surface area contributed by atoms with Crippen LogP contribution in [0.2, 0.25) is 0 Å². The van der Waals surface area contributed by atoms with Crippen molar-refractivity contribution >= 4 is 16.3 Å². The second kappa shape index (κ2) is 7.10. The third-order valence-corrected chi connectivity index (χ3v) is 5.94. The van der Waals surface area contributed by atoms with E-state index in [9.17, 15) is 0 Å². The Morgan fingerprint density at radius 2 is 1.94 bits per heavy atom. The van der Waals surface area contributed by atoms with Crippen molar-refractivity contribution < 1.29 is 14.2 Å². The molecule has 0 fully saturated rings. The van der Waals surface area contributed by atoms with Gasteiger partial charge in [-0.3, -0.25) is 5.10 Å². The molecule has 0 saturated heterocycles. The molecule has 0 spiro atoms. The van der Waals surface area contributed by atoms with Crippen LogP contribution in [-0.2, 0) is 0 Å². The van der Waals surface area contributed by atoms with Crippen molar-refractivity contribution in [1.29, 1.82) is 0 Å². The van der Waals surface area contributed by atoms with Crippen molar-refractivity contribution in [2.24, 2.45) is 0 Å². The number of nitrogens with one attached hydrogen (secondary N) is 1. The highest BCUT2D eigenvalue weighted by atomic mass is 32.1. The molecule has 1 N–H and O–H groups in total. The van der Waals surface area contributed by atoms with Crippen molar-refractivity contribution in [3.8, 4) is 39.2 Å². The van der Waals surface area contributed by atoms with E-state index in [1.165, 1.54) is 11.3 Å². The summed E-state index contributed by atoms with van der Waals surface area (Å²) in [7, 11) is 1.65. The highest BCUT2D eigenvalue weighted by Gasteiger charge is 2.28. The zero-order valence-electron chi connectivity index (χ0n) is 16.3. The monoisotopic (exact) mass is 432 g/mol. The maximum Gasteiger partial charge on any atom is 0.235 e. The molecule has 1 unspecified atom stereocenters. The lowest BCUT2D eigenvalue weighted by Crippen LogP contribution is -2.23. The van der Waals surface area contributed by atoms with E-state index in [0.29, 0.717) is 23.1 Å². The number of rotatable bonds is 4. The molecule has 5 aromatic rings. The average Bonchev–Trinajstić information content (AvgIpc) is 3.54. The molecular formula is C21H16N6O3S. The van der Waals surface area contributed by atoms with E-state index in [0.717, 1.165) is 33.5 Å². The number of para-hydroxylation sites is 2. The maximum atomic E-state index is 6.07. The van der Waals surface area contributed by atoms with Crippen LogP contribution >= 0.6 is 11.3 Å². The Labute approximate surface area is 180 Å². The molecule has 154 valence electrons. The van der Waals surface area contributed by atoms with E-state index in [1.807, 2.05) is 54.6 Å². The number of aromatic amines is 1. The van der Waals surface area contributed by atoms with Crippen LogP contribution in [0.1, 0.15) is 11.9 Å². The fourth-order valence-electron chi connectivity index (χ4n) is 3.43. The second-order valence-corrected chi connectivity index (χ2v) is 7.88. The number of nitrogens with zero attached hydrogens (tertiary/aromatic N) is 5. The van der Waals surface area contributed by atoms with Gasteiger partial charge in [0.2, 0.25) is 4.96 Å². The van der Waals surface area contributed by atoms with Gasteiger partial charge in [0.25, 0.3) is 0 Å². The van der Waals surface area contributed by atoms with Gasteiger partial charge >= 0.3 is 0 Å². The lowest BCUT2D eigenvalue weighted by Gasteiger charge is -2.24. The number of ether oxygens (including phenoxy) is 3. The summed E-state index contributed by atoms with van der Waals surface area (Å²) in [6.45, 7) is 0.344. The number of methoxy groups -OCH3 is 1. The van der Waals surface area contributed by atoms with E-state index in [-0.39, 0.29) is 0 Å². The number of hydrogen-bond donors (Lipinski definition) is 1. The van der Waals surface area contributed by atoms with Crippen LogP contribution in [0, 0.1) is 0 Å². The maximum absolute atomic E-state index is 6.07. The summed E-state index contributed by atoms with van der Waals surface area (Å²) >= 11 is 1.43. The minimum absolute atomic E-state index is 0.344. The van der Waals surface area contributed by atoms with Gasteiger partial charge in [-0.05, 0) is 42.5 Å². The van der Waals surface area contributed by atoms with Gasteiger partial charge in [-0.25, -0.2) is 0 Å². The number of hydrogen-bond acceptors (Lipinski definition) is 8. The van der Waals surface area contributed by atoms with Gasteiger partial charge < -0.3 is 14.2 Å². The Morgan fingerprint density at radius 3 is 2.77 bits per heavy atom. The first-order valence-corrected chi connectivity index (χ1v) is 10.4. The molecule has 0 radical (unpaired) electrons. The number of fused-ring (bicyclic) bond motifs is 2. The van der Waals surface area contributed by atoms with Crippen LogP contribution in [0.15, 0.2) is 54.6 Å². The Bertz CT molecular complexity index is 1370. The van der Waals surface area contributed by atoms with Crippen molar-refractivity contribution in [3.05, 3.63) is 60.4 Å². The molecule has 3 aromatic heterocycles. The van der Waals surface area contributed by atoms with Crippen molar-refractivity contribution in [3.63, 3.8) is 0 Å². The van der Waals surface area contributed by atoms with Crippen molar-refractivity contribution in [1.82, 2.24) is 30.0 Å². The fraction of sp³-hybridized carbons (Fsp3) is 0.143. The highest BCUT2D eigenvalue weighted by molar-refractivity contribution is 7.19. The van der Waals surface area contributed by atoms with Crippen LogP contribution < -0.4 is 14.2 Å². The summed E-state index contributed by atoms with van der Waals surface area (Å²) in [6, 6.07) is 17.3. The zero-order chi connectivity index (χ0) is 20.8. The standard InChI is InChI=1S/C21H16N6O3S/c1-28-13-8-6-12(7-9-13)14-10-15(23-22-14)20-26-27-19(24-25-21(27)31-20)18-11-29-16-4-2-3-5-17(16)30-18/h2-10,18H,11H2,1H3,(H,22,23). The highest BCUT2D eigenvalue weighted by Crippen LogP contribution is 2.36. The Balaban J connectivity index is 1.30. The molecule has 4 heterocycles. The minimum atomic E-state index is -0.392. The third kappa shape index (κ3) is 3.08. The molecule has 1 atom stereocenters. The molecule has 0 amide bonds. The summed E-state index contributed by atoms with van der Waals surface area (Å²) in [6.07, 6.45) is -0.392. The van der Waals surface area contributed by atoms with Crippen LogP contribution in [0.3, 0.4) is 0 Å². The van der Waals surface area contributed by atoms with Gasteiger partial charge in [-0.2, -0.15) is 14.7 Å². The molecule has 0 aliphatic carbocycles. The van der Waals surface area contributed by atoms with Gasteiger partial charge in [0.05, 0.1) is 18.5 Å². The lowest BCUT2D eigenvalue weighted by molar-refractivity contribution is 0.0836. The van der Waals surface area contributed by atoms with Crippen molar-refractivity contribution in [2.45, 2.75) is 6.10 Å². The predicted molar refractivity (Wildman–Crippen MR) is 114 cm³/mol. The van der Waals surface area contributed by atoms with Crippen LogP contribution in [0.5, 0.6) is 17.2 Å². The number of benzene rings is 2. The molecule has 1 aliphatic rings. The summed E-state index contributed by atoms with van der Waals surface area (Å²) in [5.74, 6) is 2.81. The molecular weight excluding hydrogens is 416 g/mol. The molecule has 0 bridgehead atoms. The number of H-pyrrole nitrogens is 1. The first kappa shape index (κ1) is 17.9. The zero-order valence-corrected chi connectivity index (χ0v) is 17.2. The Morgan fingerprint density at radius 1 is 1.10 bits per heavy atom. The first-order valence-electron chi connectivity index (χ1n) is 9.59. The second-order valence-electron chi connectivity index (χ2n) is 6.92. The average molecular weight is 432 g/mol. The fourth-order valence-corrected chi connectivity index (χ4v) is 4.24. The Hall–Kier alpha value is -3.92. The molecule has 6 rings (SSSR count). The topological polar surface area (TPSA) is 99.5 Å². The van der Waals surface area contributed by atoms with Gasteiger partial charge in [0, 0.05) is 5.56 Å². The van der Waals surface area contributed by atoms with Crippen LogP contribution in [-0.4, -0.2) is 43.7 Å². The van der Waals surface area contributed by atoms with Crippen LogP contribution in [0.4, 0.5) is 0 Å². The van der Waals surface area contributed by atoms with Gasteiger partial charge in [0.15, 0.2) is 28.4 Å². The number of aromatic nitrogens is 6. The minimum Gasteiger partial charge on any atom is -0.497 e. The van der Waals surface area contributed by atoms with E-state index < -0.39 is 6.10 Å². The van der Waals surface area contributed by atoms with Gasteiger partial charge in [0.1, 0.15) is 12.4 Å². The quantitative estimate of drug-likeness (QED) is 0.461. The summed E-state index contributed by atoms with van der Waals surface area (Å²) in [5.41, 5.74) is 2.61.